The van der Waals surface area contributed by atoms with Crippen molar-refractivity contribution >= 4 is 31.4 Å². The molecule has 0 aromatic heterocycles. The summed E-state index contributed by atoms with van der Waals surface area (Å²) in [5.41, 5.74) is 0. The van der Waals surface area contributed by atoms with Crippen molar-refractivity contribution in [3.8, 4) is 0 Å². The van der Waals surface area contributed by atoms with Gasteiger partial charge in [0.2, 0.25) is 0 Å². The van der Waals surface area contributed by atoms with E-state index in [1.54, 1.807) is 0 Å². The van der Waals surface area contributed by atoms with Gasteiger partial charge in [-0.05, 0) is 0 Å². The van der Waals surface area contributed by atoms with E-state index in [4.69, 9.17) is 35.5 Å². The summed E-state index contributed by atoms with van der Waals surface area (Å²) in [6.07, 6.45) is 2.64. The van der Waals surface area contributed by atoms with Gasteiger partial charge in [-0.25, -0.2) is 0 Å². The molecule has 0 fully saturated rings. The van der Waals surface area contributed by atoms with E-state index >= 15 is 0 Å². The van der Waals surface area contributed by atoms with Gasteiger partial charge in [0.1, 0.15) is 0 Å². The fraction of sp³-hybridized carbons (Fsp3) is 1.00. The fourth-order valence-electron chi connectivity index (χ4n) is 0. The summed E-state index contributed by atoms with van der Waals surface area (Å²) in [4.78, 5) is 0. The third-order valence-corrected chi connectivity index (χ3v) is 0.544. The first kappa shape index (κ1) is 10.3. The zero-order valence-corrected chi connectivity index (χ0v) is 7.84. The van der Waals surface area contributed by atoms with Gasteiger partial charge in [-0.1, -0.05) is 51.9 Å². The minimum atomic E-state index is -0.588. The monoisotopic (exact) mass is 164 g/mol. The van der Waals surface area contributed by atoms with E-state index in [-0.39, 0.29) is 6.32 Å². The molecule has 0 bridgehead atoms. The summed E-state index contributed by atoms with van der Waals surface area (Å²) in [5, 5.41) is 0. The second kappa shape index (κ2) is 30.2. The Labute approximate surface area is 88.1 Å². The van der Waals surface area contributed by atoms with Crippen LogP contribution in [0, 0.1) is 0 Å². The summed E-state index contributed by atoms with van der Waals surface area (Å²) in [6, 6.07) is 0. The lowest BCUT2D eigenvalue weighted by molar-refractivity contribution is 1.08. The first-order chi connectivity index (χ1) is 7.10. The topological polar surface area (TPSA) is 0 Å². The Balaban J connectivity index is -0.000000144. The molecule has 0 rings (SSSR count). The molecule has 0 nitrogen and oxygen atoms in total. The molecule has 12 heavy (non-hydrogen) atoms. The highest BCUT2D eigenvalue weighted by atomic mass is 13.5. The molecule has 1 atom stereocenters. The third kappa shape index (κ3) is 82.8. The summed E-state index contributed by atoms with van der Waals surface area (Å²) >= 11 is 0. The molecular formula is C8H18B4. The maximum absolute atomic E-state index is 6.52. The molecule has 0 saturated heterocycles. The molecule has 0 aliphatic carbocycles. The number of hydrogen-bond acceptors (Lipinski definition) is 0. The van der Waals surface area contributed by atoms with E-state index in [2.05, 4.69) is 0 Å². The summed E-state index contributed by atoms with van der Waals surface area (Å²) < 4.78 is 19.5. The van der Waals surface area contributed by atoms with E-state index in [0.29, 0.717) is 26.4 Å². The van der Waals surface area contributed by atoms with Crippen molar-refractivity contribution in [3.63, 3.8) is 0 Å². The molecule has 0 aromatic rings. The van der Waals surface area contributed by atoms with Crippen LogP contribution in [0.5, 0.6) is 0 Å². The lowest BCUT2D eigenvalue weighted by atomic mass is 9.91. The van der Waals surface area contributed by atoms with Crippen molar-refractivity contribution in [2.75, 3.05) is 0 Å². The molecule has 0 amide bonds. The van der Waals surface area contributed by atoms with Gasteiger partial charge >= 0.3 is 0 Å². The van der Waals surface area contributed by atoms with E-state index in [9.17, 15) is 0 Å². The highest BCUT2D eigenvalue weighted by Gasteiger charge is 1.57. The molecule has 62 valence electrons. The SMILES string of the molecule is [3H]C([B])C[B].[3H]CCC[B].[3H]CCC[B]. The zero-order valence-electron chi connectivity index (χ0n) is 10.8. The van der Waals surface area contributed by atoms with E-state index in [1.807, 2.05) is 0 Å². The normalized spacial score (nSPS) is 13.2. The highest BCUT2D eigenvalue weighted by Crippen LogP contribution is 1.74. The van der Waals surface area contributed by atoms with Crippen LogP contribution in [-0.4, -0.2) is 31.4 Å². The maximum atomic E-state index is 6.52. The number of rotatable bonds is 3. The second-order valence-corrected chi connectivity index (χ2v) is 1.76. The van der Waals surface area contributed by atoms with Crippen LogP contribution in [0.3, 0.4) is 0 Å². The number of hydrogen-bond donors (Lipinski definition) is 0. The van der Waals surface area contributed by atoms with Crippen LogP contribution in [0.15, 0.2) is 0 Å². The first-order valence-electron chi connectivity index (χ1n) is 5.96. The lowest BCUT2D eigenvalue weighted by Gasteiger charge is -1.67. The molecule has 0 heterocycles. The standard InChI is InChI=1S/2C3H7B.C2H4B2/c2*1-2-3-4;3-1-2-4/h2*2-3H2,1H3;1-2H2/i3*1T. The Bertz CT molecular complexity index is 76.3. The van der Waals surface area contributed by atoms with Gasteiger partial charge in [0, 0.05) is 4.11 Å². The van der Waals surface area contributed by atoms with Crippen molar-refractivity contribution in [1.82, 2.24) is 0 Å². The van der Waals surface area contributed by atoms with Gasteiger partial charge in [0.25, 0.3) is 0 Å². The van der Waals surface area contributed by atoms with Crippen LogP contribution in [0.2, 0.25) is 25.3 Å². The van der Waals surface area contributed by atoms with Gasteiger partial charge in [0.15, 0.2) is 0 Å². The van der Waals surface area contributed by atoms with E-state index in [1.165, 1.54) is 0 Å². The van der Waals surface area contributed by atoms with Crippen molar-refractivity contribution in [1.29, 1.82) is 0 Å². The first-order valence-corrected chi connectivity index (χ1v) is 3.97. The van der Waals surface area contributed by atoms with Gasteiger partial charge in [0.05, 0.1) is 31.4 Å². The molecule has 0 aliphatic heterocycles. The van der Waals surface area contributed by atoms with Crippen molar-refractivity contribution in [3.05, 3.63) is 0 Å². The lowest BCUT2D eigenvalue weighted by Crippen LogP contribution is -1.60. The molecule has 0 spiro atoms. The van der Waals surface area contributed by atoms with Crippen LogP contribution in [0.25, 0.3) is 0 Å². The summed E-state index contributed by atoms with van der Waals surface area (Å²) in [7, 11) is 19.7. The van der Waals surface area contributed by atoms with Crippen molar-refractivity contribution in [2.24, 2.45) is 0 Å². The Morgan fingerprint density at radius 2 is 1.25 bits per heavy atom. The summed E-state index contributed by atoms with van der Waals surface area (Å²) in [6.45, 7) is 0.938. The minimum absolute atomic E-state index is 0.250. The van der Waals surface area contributed by atoms with E-state index < -0.39 is 6.30 Å². The van der Waals surface area contributed by atoms with Gasteiger partial charge < -0.3 is 0 Å². The van der Waals surface area contributed by atoms with Crippen LogP contribution >= 0.6 is 0 Å². The van der Waals surface area contributed by atoms with Crippen molar-refractivity contribution < 1.29 is 4.11 Å². The molecule has 0 N–H and O–H groups in total. The predicted octanol–water partition coefficient (Wildman–Crippen LogP) is 2.13. The van der Waals surface area contributed by atoms with Crippen LogP contribution in [-0.2, 0) is 0 Å². The van der Waals surface area contributed by atoms with Crippen LogP contribution in [0.1, 0.15) is 30.8 Å². The quantitative estimate of drug-likeness (QED) is 0.559. The molecule has 1 unspecified atom stereocenters. The van der Waals surface area contributed by atoms with E-state index in [0.717, 1.165) is 12.8 Å². The van der Waals surface area contributed by atoms with Gasteiger partial charge in [-0.3, -0.25) is 0 Å². The Morgan fingerprint density at radius 1 is 0.917 bits per heavy atom. The molecule has 8 radical (unpaired) electrons. The summed E-state index contributed by atoms with van der Waals surface area (Å²) in [5.74, 6) is 0. The van der Waals surface area contributed by atoms with Gasteiger partial charge in [-0.2, -0.15) is 0 Å². The Kier molecular flexibility index (Phi) is 26.1. The Morgan fingerprint density at radius 3 is 1.25 bits per heavy atom. The minimum Gasteiger partial charge on any atom is -0.0962 e. The predicted molar refractivity (Wildman–Crippen MR) is 62.8 cm³/mol. The molecule has 4 heteroatoms. The third-order valence-electron chi connectivity index (χ3n) is 0.544. The van der Waals surface area contributed by atoms with Gasteiger partial charge in [-0.15, -0.1) is 0 Å². The van der Waals surface area contributed by atoms with Crippen LogP contribution in [0.4, 0.5) is 0 Å². The fourth-order valence-corrected chi connectivity index (χ4v) is 0. The molecular weight excluding hydrogens is 139 g/mol. The smallest absolute Gasteiger partial charge is 0.0652 e. The zero-order chi connectivity index (χ0) is 12.5. The van der Waals surface area contributed by atoms with Crippen molar-refractivity contribution in [2.45, 2.75) is 51.9 Å². The Hall–Kier alpha value is 0.260. The highest BCUT2D eigenvalue weighted by molar-refractivity contribution is 6.16. The largest absolute Gasteiger partial charge is 0.0962 e. The maximum Gasteiger partial charge on any atom is 0.0652 e. The molecule has 0 saturated carbocycles. The van der Waals surface area contributed by atoms with Crippen LogP contribution < -0.4 is 0 Å². The average Bonchev–Trinajstić information content (AvgIpc) is 2.22. The molecule has 0 aliphatic rings. The second-order valence-electron chi connectivity index (χ2n) is 1.76. The molecule has 0 aromatic carbocycles. The average molecular weight is 164 g/mol.